The Balaban J connectivity index is 0.000000293. The van der Waals surface area contributed by atoms with Crippen LogP contribution in [0.25, 0.3) is 6.08 Å². The van der Waals surface area contributed by atoms with Crippen LogP contribution in [-0.2, 0) is 20.8 Å². The SMILES string of the molecule is Cc1ccc2c(c1)C=CC2C.[Cl][Zr][Cl]. The summed E-state index contributed by atoms with van der Waals surface area (Å²) in [6.07, 6.45) is 4.47. The number of hydrogen-bond acceptors (Lipinski definition) is 0. The van der Waals surface area contributed by atoms with Crippen molar-refractivity contribution in [2.75, 3.05) is 0 Å². The minimum absolute atomic E-state index is 0.616. The Labute approximate surface area is 104 Å². The van der Waals surface area contributed by atoms with E-state index in [-0.39, 0.29) is 0 Å². The summed E-state index contributed by atoms with van der Waals surface area (Å²) in [4.78, 5) is 0. The summed E-state index contributed by atoms with van der Waals surface area (Å²) in [5, 5.41) is 0. The summed E-state index contributed by atoms with van der Waals surface area (Å²) in [6, 6.07) is 6.66. The minimum atomic E-state index is -0.826. The van der Waals surface area contributed by atoms with Gasteiger partial charge in [0, 0.05) is 0 Å². The number of benzene rings is 1. The Morgan fingerprint density at radius 3 is 2.57 bits per heavy atom. The van der Waals surface area contributed by atoms with Crippen molar-refractivity contribution in [3.63, 3.8) is 0 Å². The average Bonchev–Trinajstić information content (AvgIpc) is 2.49. The molecule has 1 unspecified atom stereocenters. The fourth-order valence-electron chi connectivity index (χ4n) is 1.60. The van der Waals surface area contributed by atoms with Crippen LogP contribution in [0.2, 0.25) is 0 Å². The van der Waals surface area contributed by atoms with Gasteiger partial charge in [-0.1, -0.05) is 42.8 Å². The zero-order chi connectivity index (χ0) is 10.6. The molecule has 0 radical (unpaired) electrons. The molecule has 1 aromatic carbocycles. The molecule has 0 spiro atoms. The average molecular weight is 306 g/mol. The molecule has 2 rings (SSSR count). The monoisotopic (exact) mass is 304 g/mol. The van der Waals surface area contributed by atoms with Crippen LogP contribution < -0.4 is 0 Å². The van der Waals surface area contributed by atoms with Crippen molar-refractivity contribution in [1.82, 2.24) is 0 Å². The predicted octanol–water partition coefficient (Wildman–Crippen LogP) is 4.50. The molecule has 74 valence electrons. The molecule has 0 N–H and O–H groups in total. The second kappa shape index (κ2) is 6.10. The fourth-order valence-corrected chi connectivity index (χ4v) is 1.60. The molecule has 3 heteroatoms. The van der Waals surface area contributed by atoms with Crippen LogP contribution in [0.1, 0.15) is 29.5 Å². The van der Waals surface area contributed by atoms with Gasteiger partial charge in [0.25, 0.3) is 0 Å². The van der Waals surface area contributed by atoms with Crippen molar-refractivity contribution < 1.29 is 20.8 Å². The van der Waals surface area contributed by atoms with Gasteiger partial charge >= 0.3 is 37.9 Å². The van der Waals surface area contributed by atoms with E-state index in [0.29, 0.717) is 5.92 Å². The molecule has 1 aromatic rings. The molecule has 1 aliphatic rings. The maximum absolute atomic E-state index is 4.93. The van der Waals surface area contributed by atoms with Gasteiger partial charge in [0.15, 0.2) is 0 Å². The van der Waals surface area contributed by atoms with Crippen LogP contribution in [-0.4, -0.2) is 0 Å². The first-order chi connectivity index (χ1) is 6.69. The first-order valence-corrected chi connectivity index (χ1v) is 10.8. The number of aryl methyl sites for hydroxylation is 1. The van der Waals surface area contributed by atoms with E-state index in [2.05, 4.69) is 44.2 Å². The van der Waals surface area contributed by atoms with Gasteiger partial charge in [-0.3, -0.25) is 0 Å². The molecule has 1 aliphatic carbocycles. The van der Waals surface area contributed by atoms with E-state index in [1.807, 2.05) is 0 Å². The van der Waals surface area contributed by atoms with Crippen LogP contribution in [0.15, 0.2) is 24.3 Å². The number of rotatable bonds is 0. The van der Waals surface area contributed by atoms with Gasteiger partial charge in [0.2, 0.25) is 0 Å². The van der Waals surface area contributed by atoms with Crippen molar-refractivity contribution in [3.05, 3.63) is 41.0 Å². The molecule has 0 nitrogen and oxygen atoms in total. The zero-order valence-corrected chi connectivity index (χ0v) is 12.2. The first kappa shape index (κ1) is 12.5. The molecule has 0 aromatic heterocycles. The van der Waals surface area contributed by atoms with Gasteiger partial charge < -0.3 is 0 Å². The Kier molecular flexibility index (Phi) is 5.45. The van der Waals surface area contributed by atoms with Crippen molar-refractivity contribution in [2.45, 2.75) is 19.8 Å². The molecule has 0 bridgehead atoms. The van der Waals surface area contributed by atoms with Crippen LogP contribution in [0, 0.1) is 6.92 Å². The van der Waals surface area contributed by atoms with Crippen LogP contribution in [0.5, 0.6) is 0 Å². The number of hydrogen-bond donors (Lipinski definition) is 0. The summed E-state index contributed by atoms with van der Waals surface area (Å²) < 4.78 is 0. The Morgan fingerprint density at radius 1 is 1.29 bits per heavy atom. The van der Waals surface area contributed by atoms with E-state index < -0.39 is 20.8 Å². The quantitative estimate of drug-likeness (QED) is 0.662. The van der Waals surface area contributed by atoms with Crippen LogP contribution in [0.3, 0.4) is 0 Å². The summed E-state index contributed by atoms with van der Waals surface area (Å²) in [6.45, 7) is 4.37. The van der Waals surface area contributed by atoms with Gasteiger partial charge in [-0.2, -0.15) is 0 Å². The van der Waals surface area contributed by atoms with Crippen molar-refractivity contribution in [1.29, 1.82) is 0 Å². The molecule has 0 saturated carbocycles. The number of halogens is 2. The topological polar surface area (TPSA) is 0 Å². The van der Waals surface area contributed by atoms with Gasteiger partial charge in [-0.05, 0) is 24.0 Å². The number of fused-ring (bicyclic) bond motifs is 1. The normalized spacial score (nSPS) is 17.0. The van der Waals surface area contributed by atoms with Gasteiger partial charge in [-0.15, -0.1) is 0 Å². The van der Waals surface area contributed by atoms with Crippen LogP contribution in [0.4, 0.5) is 0 Å². The van der Waals surface area contributed by atoms with Crippen molar-refractivity contribution >= 4 is 23.1 Å². The van der Waals surface area contributed by atoms with Crippen LogP contribution >= 0.6 is 17.0 Å². The summed E-state index contributed by atoms with van der Waals surface area (Å²) in [7, 11) is 9.87. The predicted molar refractivity (Wildman–Crippen MR) is 60.3 cm³/mol. The molecule has 0 fully saturated rings. The third kappa shape index (κ3) is 3.22. The third-order valence-corrected chi connectivity index (χ3v) is 2.30. The van der Waals surface area contributed by atoms with Crippen molar-refractivity contribution in [2.24, 2.45) is 0 Å². The molecular formula is C11H12Cl2Zr. The summed E-state index contributed by atoms with van der Waals surface area (Å²) in [5.41, 5.74) is 4.22. The molecule has 0 saturated heterocycles. The molecule has 0 amide bonds. The Hall–Kier alpha value is 0.423. The second-order valence-corrected chi connectivity index (χ2v) is 7.08. The van der Waals surface area contributed by atoms with Gasteiger partial charge in [0.05, 0.1) is 0 Å². The molecular weight excluding hydrogens is 294 g/mol. The standard InChI is InChI=1S/C11H12.2ClH.Zr/c1-8-3-6-11-9(2)4-5-10(11)7-8;;;/h3-7,9H,1-2H3;2*1H;/q;;;+2/p-2. The van der Waals surface area contributed by atoms with E-state index in [1.165, 1.54) is 16.7 Å². The van der Waals surface area contributed by atoms with E-state index in [4.69, 9.17) is 17.0 Å². The summed E-state index contributed by atoms with van der Waals surface area (Å²) in [5.74, 6) is 0.616. The van der Waals surface area contributed by atoms with Crippen molar-refractivity contribution in [3.8, 4) is 0 Å². The van der Waals surface area contributed by atoms with E-state index in [0.717, 1.165) is 0 Å². The first-order valence-electron chi connectivity index (χ1n) is 4.44. The Morgan fingerprint density at radius 2 is 1.93 bits per heavy atom. The molecule has 14 heavy (non-hydrogen) atoms. The van der Waals surface area contributed by atoms with E-state index >= 15 is 0 Å². The fraction of sp³-hybridized carbons (Fsp3) is 0.273. The molecule has 1 atom stereocenters. The molecule has 0 heterocycles. The zero-order valence-electron chi connectivity index (χ0n) is 8.22. The second-order valence-electron chi connectivity index (χ2n) is 3.35. The molecule has 0 aliphatic heterocycles. The maximum atomic E-state index is 4.93. The van der Waals surface area contributed by atoms with Gasteiger partial charge in [0.1, 0.15) is 0 Å². The van der Waals surface area contributed by atoms with E-state index in [9.17, 15) is 0 Å². The third-order valence-electron chi connectivity index (χ3n) is 2.30. The summed E-state index contributed by atoms with van der Waals surface area (Å²) >= 11 is -0.826. The van der Waals surface area contributed by atoms with E-state index in [1.54, 1.807) is 0 Å². The number of allylic oxidation sites excluding steroid dienone is 1. The van der Waals surface area contributed by atoms with Gasteiger partial charge in [-0.25, -0.2) is 0 Å². The Bertz CT molecular complexity index is 334.